The molecular formula is C21H21F2N3O2. The van der Waals surface area contributed by atoms with Crippen LogP contribution in [0.15, 0.2) is 41.2 Å². The molecule has 0 fully saturated rings. The van der Waals surface area contributed by atoms with Gasteiger partial charge < -0.3 is 14.6 Å². The number of methoxy groups -OCH3 is 1. The van der Waals surface area contributed by atoms with Crippen molar-refractivity contribution in [2.45, 2.75) is 27.3 Å². The number of halogens is 2. The van der Waals surface area contributed by atoms with E-state index in [2.05, 4.69) is 10.3 Å². The van der Waals surface area contributed by atoms with Crippen LogP contribution in [0.25, 0.3) is 0 Å². The lowest BCUT2D eigenvalue weighted by atomic mass is 10.2. The number of nitrogens with zero attached hydrogens (tertiary/aromatic N) is 2. The molecule has 1 N–H and O–H groups in total. The highest BCUT2D eigenvalue weighted by Crippen LogP contribution is 2.25. The summed E-state index contributed by atoms with van der Waals surface area (Å²) in [5.74, 6) is -0.375. The van der Waals surface area contributed by atoms with Crippen molar-refractivity contribution in [2.24, 2.45) is 0 Å². The molecule has 7 heteroatoms. The zero-order chi connectivity index (χ0) is 20.4. The second-order valence-electron chi connectivity index (χ2n) is 6.62. The normalized spacial score (nSPS) is 10.8. The minimum atomic E-state index is -0.656. The van der Waals surface area contributed by atoms with Crippen molar-refractivity contribution in [2.75, 3.05) is 12.4 Å². The van der Waals surface area contributed by atoms with E-state index < -0.39 is 11.6 Å². The van der Waals surface area contributed by atoms with Crippen molar-refractivity contribution in [1.29, 1.82) is 0 Å². The Bertz CT molecular complexity index is 1070. The van der Waals surface area contributed by atoms with Crippen LogP contribution in [0.3, 0.4) is 0 Å². The monoisotopic (exact) mass is 385 g/mol. The maximum atomic E-state index is 13.6. The molecule has 0 aliphatic rings. The predicted octanol–water partition coefficient (Wildman–Crippen LogP) is 4.25. The van der Waals surface area contributed by atoms with Gasteiger partial charge in [0.05, 0.1) is 13.7 Å². The standard InChI is InChI=1S/C21H21F2N3O2/c1-12-5-6-18(28-4)10-19(12)24-21-25-20(27)13(2)14(3)26(21)11-15-7-16(22)9-17(23)8-15/h5-10H,11H2,1-4H3,(H,24,25,27). The molecule has 0 saturated heterocycles. The summed E-state index contributed by atoms with van der Waals surface area (Å²) < 4.78 is 34.2. The maximum Gasteiger partial charge on any atom is 0.277 e. The van der Waals surface area contributed by atoms with E-state index in [1.807, 2.05) is 19.1 Å². The molecule has 3 aromatic rings. The lowest BCUT2D eigenvalue weighted by Gasteiger charge is -2.19. The fourth-order valence-electron chi connectivity index (χ4n) is 2.91. The molecule has 0 saturated carbocycles. The Morgan fingerprint density at radius 1 is 1.07 bits per heavy atom. The Labute approximate surface area is 161 Å². The topological polar surface area (TPSA) is 56.1 Å². The van der Waals surface area contributed by atoms with Gasteiger partial charge in [0.25, 0.3) is 5.56 Å². The summed E-state index contributed by atoms with van der Waals surface area (Å²) in [6, 6.07) is 8.85. The molecule has 0 spiro atoms. The molecule has 0 atom stereocenters. The quantitative estimate of drug-likeness (QED) is 0.714. The van der Waals surface area contributed by atoms with Crippen LogP contribution >= 0.6 is 0 Å². The van der Waals surface area contributed by atoms with Gasteiger partial charge in [-0.3, -0.25) is 4.79 Å². The highest BCUT2D eigenvalue weighted by atomic mass is 19.1. The van der Waals surface area contributed by atoms with Crippen molar-refractivity contribution in [1.82, 2.24) is 9.55 Å². The lowest BCUT2D eigenvalue weighted by molar-refractivity contribution is 0.415. The van der Waals surface area contributed by atoms with Crippen LogP contribution in [0.4, 0.5) is 20.4 Å². The van der Waals surface area contributed by atoms with E-state index in [0.717, 1.165) is 11.6 Å². The summed E-state index contributed by atoms with van der Waals surface area (Å²) >= 11 is 0. The number of ether oxygens (including phenoxy) is 1. The van der Waals surface area contributed by atoms with E-state index in [0.29, 0.717) is 28.3 Å². The Balaban J connectivity index is 2.09. The van der Waals surface area contributed by atoms with E-state index in [9.17, 15) is 13.6 Å². The van der Waals surface area contributed by atoms with Crippen LogP contribution in [0, 0.1) is 32.4 Å². The SMILES string of the molecule is COc1ccc(C)c(Nc2nc(=O)c(C)c(C)n2Cc2cc(F)cc(F)c2)c1. The average molecular weight is 385 g/mol. The molecule has 28 heavy (non-hydrogen) atoms. The molecule has 0 bridgehead atoms. The fraction of sp³-hybridized carbons (Fsp3) is 0.238. The van der Waals surface area contributed by atoms with E-state index in [4.69, 9.17) is 4.74 Å². The van der Waals surface area contributed by atoms with Gasteiger partial charge in [-0.2, -0.15) is 4.98 Å². The maximum absolute atomic E-state index is 13.6. The minimum Gasteiger partial charge on any atom is -0.497 e. The third-order valence-electron chi connectivity index (χ3n) is 4.69. The number of benzene rings is 2. The number of aryl methyl sites for hydroxylation is 1. The van der Waals surface area contributed by atoms with E-state index in [-0.39, 0.29) is 18.1 Å². The third kappa shape index (κ3) is 4.03. The van der Waals surface area contributed by atoms with Gasteiger partial charge in [0.15, 0.2) is 0 Å². The van der Waals surface area contributed by atoms with Crippen LogP contribution in [-0.4, -0.2) is 16.7 Å². The van der Waals surface area contributed by atoms with Crippen molar-refractivity contribution >= 4 is 11.6 Å². The van der Waals surface area contributed by atoms with Crippen molar-refractivity contribution in [3.05, 3.63) is 80.8 Å². The highest BCUT2D eigenvalue weighted by Gasteiger charge is 2.14. The van der Waals surface area contributed by atoms with Gasteiger partial charge in [0, 0.05) is 29.1 Å². The summed E-state index contributed by atoms with van der Waals surface area (Å²) in [6.45, 7) is 5.51. The summed E-state index contributed by atoms with van der Waals surface area (Å²) in [7, 11) is 1.57. The Hall–Kier alpha value is -3.22. The molecule has 0 radical (unpaired) electrons. The van der Waals surface area contributed by atoms with Crippen LogP contribution in [0.5, 0.6) is 5.75 Å². The van der Waals surface area contributed by atoms with Gasteiger partial charge in [-0.15, -0.1) is 0 Å². The number of aromatic nitrogens is 2. The zero-order valence-electron chi connectivity index (χ0n) is 16.1. The number of nitrogens with one attached hydrogen (secondary N) is 1. The van der Waals surface area contributed by atoms with E-state index >= 15 is 0 Å². The van der Waals surface area contributed by atoms with Gasteiger partial charge in [0.2, 0.25) is 5.95 Å². The summed E-state index contributed by atoms with van der Waals surface area (Å²) in [5.41, 5.74) is 2.85. The molecule has 5 nitrogen and oxygen atoms in total. The van der Waals surface area contributed by atoms with E-state index in [1.165, 1.54) is 12.1 Å². The summed E-state index contributed by atoms with van der Waals surface area (Å²) in [6.07, 6.45) is 0. The molecule has 0 aliphatic carbocycles. The van der Waals surface area contributed by atoms with Crippen molar-refractivity contribution in [3.8, 4) is 5.75 Å². The Morgan fingerprint density at radius 3 is 2.39 bits per heavy atom. The van der Waals surface area contributed by atoms with Gasteiger partial charge in [-0.1, -0.05) is 6.07 Å². The van der Waals surface area contributed by atoms with Gasteiger partial charge in [0.1, 0.15) is 17.4 Å². The second kappa shape index (κ2) is 7.80. The molecule has 146 valence electrons. The molecule has 2 aromatic carbocycles. The number of hydrogen-bond donors (Lipinski definition) is 1. The first-order valence-corrected chi connectivity index (χ1v) is 8.73. The molecule has 1 aromatic heterocycles. The zero-order valence-corrected chi connectivity index (χ0v) is 16.1. The summed E-state index contributed by atoms with van der Waals surface area (Å²) in [4.78, 5) is 16.4. The first-order chi connectivity index (χ1) is 13.3. The van der Waals surface area contributed by atoms with Crippen LogP contribution < -0.4 is 15.6 Å². The number of rotatable bonds is 5. The van der Waals surface area contributed by atoms with E-state index in [1.54, 1.807) is 31.6 Å². The molecular weight excluding hydrogens is 364 g/mol. The largest absolute Gasteiger partial charge is 0.497 e. The first-order valence-electron chi connectivity index (χ1n) is 8.73. The lowest BCUT2D eigenvalue weighted by Crippen LogP contribution is -2.22. The van der Waals surface area contributed by atoms with Crippen molar-refractivity contribution in [3.63, 3.8) is 0 Å². The predicted molar refractivity (Wildman–Crippen MR) is 104 cm³/mol. The Kier molecular flexibility index (Phi) is 5.44. The molecule has 0 amide bonds. The number of hydrogen-bond acceptors (Lipinski definition) is 4. The van der Waals surface area contributed by atoms with Crippen LogP contribution in [0.2, 0.25) is 0 Å². The van der Waals surface area contributed by atoms with Gasteiger partial charge in [-0.25, -0.2) is 8.78 Å². The van der Waals surface area contributed by atoms with Gasteiger partial charge >= 0.3 is 0 Å². The smallest absolute Gasteiger partial charge is 0.277 e. The van der Waals surface area contributed by atoms with Crippen molar-refractivity contribution < 1.29 is 13.5 Å². The fourth-order valence-corrected chi connectivity index (χ4v) is 2.91. The van der Waals surface area contributed by atoms with Crippen LogP contribution in [0.1, 0.15) is 22.4 Å². The second-order valence-corrected chi connectivity index (χ2v) is 6.62. The summed E-state index contributed by atoms with van der Waals surface area (Å²) in [5, 5.41) is 3.16. The number of anilines is 2. The average Bonchev–Trinajstić information content (AvgIpc) is 2.64. The molecule has 1 heterocycles. The molecule has 0 aliphatic heterocycles. The highest BCUT2D eigenvalue weighted by molar-refractivity contribution is 5.61. The van der Waals surface area contributed by atoms with Gasteiger partial charge in [-0.05, 0) is 50.1 Å². The molecule has 3 rings (SSSR count). The first kappa shape index (κ1) is 19.5. The Morgan fingerprint density at radius 2 is 1.75 bits per heavy atom. The third-order valence-corrected chi connectivity index (χ3v) is 4.69. The molecule has 0 unspecified atom stereocenters. The van der Waals surface area contributed by atoms with Crippen LogP contribution in [-0.2, 0) is 6.54 Å². The minimum absolute atomic E-state index is 0.153.